The van der Waals surface area contributed by atoms with Gasteiger partial charge in [-0.3, -0.25) is 5.32 Å². The number of hydrogen-bond acceptors (Lipinski definition) is 5. The van der Waals surface area contributed by atoms with Crippen LogP contribution in [-0.2, 0) is 0 Å². The van der Waals surface area contributed by atoms with E-state index in [-0.39, 0.29) is 0 Å². The number of aliphatic hydroxyl groups is 1. The maximum Gasteiger partial charge on any atom is 0.181 e. The van der Waals surface area contributed by atoms with Crippen LogP contribution in [0.5, 0.6) is 0 Å². The van der Waals surface area contributed by atoms with E-state index in [1.165, 1.54) is 0 Å². The van der Waals surface area contributed by atoms with E-state index < -0.39 is 6.35 Å². The highest BCUT2D eigenvalue weighted by atomic mass is 16.3. The minimum absolute atomic E-state index is 0.382. The summed E-state index contributed by atoms with van der Waals surface area (Å²) in [7, 11) is 2.04. The summed E-state index contributed by atoms with van der Waals surface area (Å²) in [6.45, 7) is 3.01. The summed E-state index contributed by atoms with van der Waals surface area (Å²) in [5, 5.41) is 19.2. The summed E-state index contributed by atoms with van der Waals surface area (Å²) in [5.74, 6) is 0. The Hall–Kier alpha value is -0.780. The van der Waals surface area contributed by atoms with Crippen molar-refractivity contribution >= 4 is 0 Å². The van der Waals surface area contributed by atoms with Gasteiger partial charge in [0.2, 0.25) is 0 Å². The number of hydrogen-bond donors (Lipinski definition) is 4. The number of aliphatic hydroxyl groups excluding tert-OH is 1. The maximum atomic E-state index is 9.75. The van der Waals surface area contributed by atoms with Crippen LogP contribution in [0.1, 0.15) is 12.8 Å². The molecule has 1 fully saturated rings. The smallest absolute Gasteiger partial charge is 0.181 e. The van der Waals surface area contributed by atoms with E-state index in [4.69, 9.17) is 0 Å². The van der Waals surface area contributed by atoms with Crippen LogP contribution in [0.2, 0.25) is 0 Å². The Bertz CT molecular complexity index is 238. The topological polar surface area (TPSA) is 59.6 Å². The van der Waals surface area contributed by atoms with Crippen LogP contribution in [0.4, 0.5) is 0 Å². The molecular formula is C10H20N4O. The first-order chi connectivity index (χ1) is 7.24. The molecule has 0 aromatic heterocycles. The summed E-state index contributed by atoms with van der Waals surface area (Å²) >= 11 is 0. The van der Waals surface area contributed by atoms with Crippen molar-refractivity contribution in [2.45, 2.75) is 25.2 Å². The lowest BCUT2D eigenvalue weighted by atomic mass is 10.3. The van der Waals surface area contributed by atoms with Gasteiger partial charge in [0, 0.05) is 44.5 Å². The first kappa shape index (κ1) is 10.7. The molecule has 0 aromatic carbocycles. The molecule has 2 heterocycles. The molecule has 2 rings (SSSR count). The molecule has 2 aliphatic rings. The normalized spacial score (nSPS) is 28.0. The molecule has 0 saturated carbocycles. The van der Waals surface area contributed by atoms with Gasteiger partial charge in [0.15, 0.2) is 6.35 Å². The third-order valence-corrected chi connectivity index (χ3v) is 2.89. The van der Waals surface area contributed by atoms with Gasteiger partial charge in [0.05, 0.1) is 0 Å². The predicted octanol–water partition coefficient (Wildman–Crippen LogP) is -1.02. The number of nitrogens with one attached hydrogen (secondary N) is 3. The lowest BCUT2D eigenvalue weighted by Crippen LogP contribution is -2.47. The van der Waals surface area contributed by atoms with Gasteiger partial charge in [0.25, 0.3) is 0 Å². The van der Waals surface area contributed by atoms with Crippen molar-refractivity contribution < 1.29 is 5.11 Å². The van der Waals surface area contributed by atoms with Crippen LogP contribution in [0.25, 0.3) is 0 Å². The zero-order chi connectivity index (χ0) is 10.7. The Morgan fingerprint density at radius 3 is 3.13 bits per heavy atom. The Balaban J connectivity index is 1.72. The minimum atomic E-state index is -0.632. The molecule has 1 saturated heterocycles. The van der Waals surface area contributed by atoms with Gasteiger partial charge in [-0.1, -0.05) is 0 Å². The summed E-state index contributed by atoms with van der Waals surface area (Å²) in [6.07, 6.45) is 3.47. The van der Waals surface area contributed by atoms with Crippen LogP contribution in [0.3, 0.4) is 0 Å². The van der Waals surface area contributed by atoms with Crippen molar-refractivity contribution in [1.29, 1.82) is 0 Å². The van der Waals surface area contributed by atoms with E-state index >= 15 is 0 Å². The first-order valence-electron chi connectivity index (χ1n) is 5.56. The van der Waals surface area contributed by atoms with Gasteiger partial charge < -0.3 is 20.6 Å². The van der Waals surface area contributed by atoms with Crippen LogP contribution in [0.15, 0.2) is 11.9 Å². The van der Waals surface area contributed by atoms with Gasteiger partial charge >= 0.3 is 0 Å². The number of rotatable bonds is 4. The molecule has 15 heavy (non-hydrogen) atoms. The van der Waals surface area contributed by atoms with Gasteiger partial charge in [0.1, 0.15) is 0 Å². The fourth-order valence-electron chi connectivity index (χ4n) is 2.04. The standard InChI is InChI=1S/C10H20N4O/c1-14-5-3-9(7-14)13-10(15)12-8-2-4-11-6-8/h7-8,10-13,15H,2-6H2,1H3/t8-,10?/m1/s1. The average Bonchev–Trinajstić information content (AvgIpc) is 2.77. The largest absolute Gasteiger partial charge is 0.379 e. The second kappa shape index (κ2) is 4.83. The number of nitrogens with zero attached hydrogens (tertiary/aromatic N) is 1. The lowest BCUT2D eigenvalue weighted by Gasteiger charge is -2.19. The third kappa shape index (κ3) is 3.09. The van der Waals surface area contributed by atoms with Crippen LogP contribution in [0, 0.1) is 0 Å². The quantitative estimate of drug-likeness (QED) is 0.449. The second-order valence-corrected chi connectivity index (χ2v) is 4.29. The molecule has 0 amide bonds. The summed E-state index contributed by atoms with van der Waals surface area (Å²) in [4.78, 5) is 2.12. The molecule has 2 atom stereocenters. The lowest BCUT2D eigenvalue weighted by molar-refractivity contribution is 0.100. The Labute approximate surface area is 90.5 Å². The second-order valence-electron chi connectivity index (χ2n) is 4.29. The van der Waals surface area contributed by atoms with Crippen molar-refractivity contribution in [3.8, 4) is 0 Å². The monoisotopic (exact) mass is 212 g/mol. The molecule has 1 unspecified atom stereocenters. The molecule has 5 nitrogen and oxygen atoms in total. The average molecular weight is 212 g/mol. The third-order valence-electron chi connectivity index (χ3n) is 2.89. The van der Waals surface area contributed by atoms with Crippen molar-refractivity contribution in [3.63, 3.8) is 0 Å². The molecule has 0 radical (unpaired) electrons. The fourth-order valence-corrected chi connectivity index (χ4v) is 2.04. The zero-order valence-corrected chi connectivity index (χ0v) is 9.16. The minimum Gasteiger partial charge on any atom is -0.379 e. The summed E-state index contributed by atoms with van der Waals surface area (Å²) in [5.41, 5.74) is 1.10. The molecule has 5 heteroatoms. The van der Waals surface area contributed by atoms with Crippen LogP contribution in [-0.4, -0.2) is 49.1 Å². The Morgan fingerprint density at radius 2 is 2.53 bits per heavy atom. The maximum absolute atomic E-state index is 9.75. The molecule has 0 aliphatic carbocycles. The molecule has 0 aromatic rings. The molecule has 0 spiro atoms. The van der Waals surface area contributed by atoms with Crippen molar-refractivity contribution in [1.82, 2.24) is 20.9 Å². The van der Waals surface area contributed by atoms with E-state index in [2.05, 4.69) is 20.9 Å². The van der Waals surface area contributed by atoms with Crippen molar-refractivity contribution in [3.05, 3.63) is 11.9 Å². The van der Waals surface area contributed by atoms with Gasteiger partial charge in [-0.05, 0) is 13.0 Å². The molecule has 2 aliphatic heterocycles. The predicted molar refractivity (Wildman–Crippen MR) is 58.9 cm³/mol. The van der Waals surface area contributed by atoms with E-state index in [9.17, 15) is 5.11 Å². The molecule has 4 N–H and O–H groups in total. The van der Waals surface area contributed by atoms with Gasteiger partial charge in [-0.25, -0.2) is 0 Å². The summed E-state index contributed by atoms with van der Waals surface area (Å²) < 4.78 is 0. The van der Waals surface area contributed by atoms with E-state index in [1.54, 1.807) is 0 Å². The SMILES string of the molecule is CN1C=C(NC(O)N[C@@H]2CCNC2)CC1. The van der Waals surface area contributed by atoms with Crippen molar-refractivity contribution in [2.75, 3.05) is 26.7 Å². The highest BCUT2D eigenvalue weighted by Gasteiger charge is 2.18. The molecular weight excluding hydrogens is 192 g/mol. The van der Waals surface area contributed by atoms with E-state index in [0.29, 0.717) is 6.04 Å². The van der Waals surface area contributed by atoms with Crippen LogP contribution >= 0.6 is 0 Å². The highest BCUT2D eigenvalue weighted by molar-refractivity contribution is 5.05. The van der Waals surface area contributed by atoms with E-state index in [1.807, 2.05) is 13.2 Å². The highest BCUT2D eigenvalue weighted by Crippen LogP contribution is 2.09. The zero-order valence-electron chi connectivity index (χ0n) is 9.16. The Kier molecular flexibility index (Phi) is 3.45. The van der Waals surface area contributed by atoms with Crippen LogP contribution < -0.4 is 16.0 Å². The van der Waals surface area contributed by atoms with Gasteiger partial charge in [-0.15, -0.1) is 0 Å². The Morgan fingerprint density at radius 1 is 1.67 bits per heavy atom. The fraction of sp³-hybridized carbons (Fsp3) is 0.800. The first-order valence-corrected chi connectivity index (χ1v) is 5.56. The van der Waals surface area contributed by atoms with Crippen molar-refractivity contribution in [2.24, 2.45) is 0 Å². The molecule has 86 valence electrons. The van der Waals surface area contributed by atoms with Gasteiger partial charge in [-0.2, -0.15) is 0 Å². The molecule has 0 bridgehead atoms. The summed E-state index contributed by atoms with van der Waals surface area (Å²) in [6, 6.07) is 0.382. The van der Waals surface area contributed by atoms with E-state index in [0.717, 1.165) is 38.2 Å².